The molecule has 1 saturated heterocycles. The van der Waals surface area contributed by atoms with E-state index in [1.807, 2.05) is 51.8 Å². The van der Waals surface area contributed by atoms with Crippen molar-refractivity contribution < 1.29 is 9.53 Å². The molecule has 0 saturated carbocycles. The molecule has 2 aliphatic rings. The van der Waals surface area contributed by atoms with Gasteiger partial charge in [0.15, 0.2) is 0 Å². The third kappa shape index (κ3) is 3.25. The van der Waals surface area contributed by atoms with E-state index < -0.39 is 0 Å². The summed E-state index contributed by atoms with van der Waals surface area (Å²) in [5, 5.41) is 8.84. The molecule has 2 aliphatic heterocycles. The standard InChI is InChI=1S/C22H25N5O2/c1-25-20(9-11-23-25)21-18(8-5-13-29-21)22(28)26-12-10-19-16(15-26)14-24-27(19)17-6-3-2-4-7-17/h2-4,6-7,9,11,14,18,21H,5,8,10,12-13,15H2,1H3/t18-,21-/m1/s1. The van der Waals surface area contributed by atoms with Gasteiger partial charge in [0.25, 0.3) is 0 Å². The lowest BCUT2D eigenvalue weighted by Gasteiger charge is -2.36. The highest BCUT2D eigenvalue weighted by atomic mass is 16.5. The fourth-order valence-electron chi connectivity index (χ4n) is 4.53. The molecule has 7 nitrogen and oxygen atoms in total. The summed E-state index contributed by atoms with van der Waals surface area (Å²) in [6.07, 6.45) is 6.01. The van der Waals surface area contributed by atoms with Crippen LogP contribution >= 0.6 is 0 Å². The van der Waals surface area contributed by atoms with Gasteiger partial charge in [-0.15, -0.1) is 0 Å². The maximum atomic E-state index is 13.4. The van der Waals surface area contributed by atoms with E-state index >= 15 is 0 Å². The van der Waals surface area contributed by atoms with E-state index in [1.165, 1.54) is 5.69 Å². The highest BCUT2D eigenvalue weighted by Crippen LogP contribution is 2.35. The first kappa shape index (κ1) is 18.1. The van der Waals surface area contributed by atoms with Crippen molar-refractivity contribution >= 4 is 5.91 Å². The summed E-state index contributed by atoms with van der Waals surface area (Å²) in [5.41, 5.74) is 4.36. The minimum Gasteiger partial charge on any atom is -0.371 e. The molecule has 7 heteroatoms. The van der Waals surface area contributed by atoms with Crippen LogP contribution in [-0.4, -0.2) is 43.5 Å². The second-order valence-corrected chi connectivity index (χ2v) is 7.79. The first-order chi connectivity index (χ1) is 14.2. The number of hydrogen-bond acceptors (Lipinski definition) is 4. The van der Waals surface area contributed by atoms with Crippen LogP contribution in [0.2, 0.25) is 0 Å². The minimum absolute atomic E-state index is 0.162. The molecule has 1 aromatic carbocycles. The Labute approximate surface area is 169 Å². The zero-order chi connectivity index (χ0) is 19.8. The summed E-state index contributed by atoms with van der Waals surface area (Å²) in [6.45, 7) is 2.00. The van der Waals surface area contributed by atoms with Crippen LogP contribution in [0.3, 0.4) is 0 Å². The van der Waals surface area contributed by atoms with Crippen molar-refractivity contribution in [3.63, 3.8) is 0 Å². The van der Waals surface area contributed by atoms with Crippen LogP contribution in [-0.2, 0) is 29.5 Å². The van der Waals surface area contributed by atoms with Gasteiger partial charge in [-0.25, -0.2) is 4.68 Å². The number of aromatic nitrogens is 4. The molecular formula is C22H25N5O2. The Morgan fingerprint density at radius 1 is 1.17 bits per heavy atom. The Bertz CT molecular complexity index is 1010. The summed E-state index contributed by atoms with van der Waals surface area (Å²) in [7, 11) is 1.90. The van der Waals surface area contributed by atoms with Crippen molar-refractivity contribution in [2.45, 2.75) is 31.9 Å². The lowest BCUT2D eigenvalue weighted by Crippen LogP contribution is -2.43. The normalized spacial score (nSPS) is 21.8. The monoisotopic (exact) mass is 391 g/mol. The Hall–Kier alpha value is -2.93. The quantitative estimate of drug-likeness (QED) is 0.689. The maximum absolute atomic E-state index is 13.4. The van der Waals surface area contributed by atoms with E-state index in [9.17, 15) is 4.79 Å². The van der Waals surface area contributed by atoms with E-state index in [2.05, 4.69) is 22.3 Å². The molecule has 3 aromatic rings. The highest BCUT2D eigenvalue weighted by Gasteiger charge is 2.38. The van der Waals surface area contributed by atoms with Crippen LogP contribution in [0, 0.1) is 5.92 Å². The van der Waals surface area contributed by atoms with E-state index in [0.717, 1.165) is 36.2 Å². The zero-order valence-electron chi connectivity index (χ0n) is 16.6. The number of rotatable bonds is 3. The molecule has 2 aromatic heterocycles. The first-order valence-corrected chi connectivity index (χ1v) is 10.2. The number of carbonyl (C=O) groups is 1. The van der Waals surface area contributed by atoms with Crippen LogP contribution < -0.4 is 0 Å². The lowest BCUT2D eigenvalue weighted by molar-refractivity contribution is -0.146. The third-order valence-corrected chi connectivity index (χ3v) is 6.04. The number of ether oxygens (including phenoxy) is 1. The number of hydrogen-bond donors (Lipinski definition) is 0. The van der Waals surface area contributed by atoms with Crippen molar-refractivity contribution in [2.24, 2.45) is 13.0 Å². The highest BCUT2D eigenvalue weighted by molar-refractivity contribution is 5.80. The van der Waals surface area contributed by atoms with Gasteiger partial charge in [0, 0.05) is 44.9 Å². The van der Waals surface area contributed by atoms with Gasteiger partial charge < -0.3 is 9.64 Å². The van der Waals surface area contributed by atoms with Crippen LogP contribution in [0.5, 0.6) is 0 Å². The number of aryl methyl sites for hydroxylation is 1. The number of amides is 1. The number of fused-ring (bicyclic) bond motifs is 1. The molecule has 0 spiro atoms. The number of carbonyl (C=O) groups excluding carboxylic acids is 1. The Morgan fingerprint density at radius 2 is 2.03 bits per heavy atom. The SMILES string of the molecule is Cn1nccc1[C@@H]1OCCC[C@H]1C(=O)N1CCc2c(cnn2-c2ccccc2)C1. The second-order valence-electron chi connectivity index (χ2n) is 7.79. The van der Waals surface area contributed by atoms with Gasteiger partial charge in [0.05, 0.1) is 29.2 Å². The van der Waals surface area contributed by atoms with Gasteiger partial charge in [0.1, 0.15) is 6.10 Å². The van der Waals surface area contributed by atoms with Crippen LogP contribution in [0.15, 0.2) is 48.8 Å². The zero-order valence-corrected chi connectivity index (χ0v) is 16.6. The summed E-state index contributed by atoms with van der Waals surface area (Å²) in [4.78, 5) is 15.4. The number of nitrogens with zero attached hydrogens (tertiary/aromatic N) is 5. The summed E-state index contributed by atoms with van der Waals surface area (Å²) in [6, 6.07) is 12.1. The van der Waals surface area contributed by atoms with Gasteiger partial charge in [-0.1, -0.05) is 18.2 Å². The second kappa shape index (κ2) is 7.48. The lowest BCUT2D eigenvalue weighted by atomic mass is 9.90. The summed E-state index contributed by atoms with van der Waals surface area (Å²) in [5.74, 6) is 0.0129. The molecule has 2 atom stereocenters. The largest absolute Gasteiger partial charge is 0.371 e. The van der Waals surface area contributed by atoms with Gasteiger partial charge in [0.2, 0.25) is 5.91 Å². The molecule has 29 heavy (non-hydrogen) atoms. The summed E-state index contributed by atoms with van der Waals surface area (Å²) >= 11 is 0. The van der Waals surface area contributed by atoms with Crippen molar-refractivity contribution in [1.82, 2.24) is 24.5 Å². The fourth-order valence-corrected chi connectivity index (χ4v) is 4.53. The topological polar surface area (TPSA) is 65.2 Å². The molecule has 0 bridgehead atoms. The number of para-hydroxylation sites is 1. The molecule has 150 valence electrons. The van der Waals surface area contributed by atoms with Crippen LogP contribution in [0.1, 0.15) is 35.9 Å². The average Bonchev–Trinajstić information content (AvgIpc) is 3.39. The van der Waals surface area contributed by atoms with E-state index in [-0.39, 0.29) is 17.9 Å². The third-order valence-electron chi connectivity index (χ3n) is 6.04. The molecule has 1 amide bonds. The smallest absolute Gasteiger partial charge is 0.229 e. The molecule has 0 aliphatic carbocycles. The van der Waals surface area contributed by atoms with Gasteiger partial charge >= 0.3 is 0 Å². The molecule has 0 radical (unpaired) electrons. The predicted molar refractivity (Wildman–Crippen MR) is 107 cm³/mol. The maximum Gasteiger partial charge on any atom is 0.229 e. The number of benzene rings is 1. The van der Waals surface area contributed by atoms with Crippen molar-refractivity contribution in [1.29, 1.82) is 0 Å². The molecule has 1 fully saturated rings. The first-order valence-electron chi connectivity index (χ1n) is 10.2. The molecule has 5 rings (SSSR count). The van der Waals surface area contributed by atoms with Crippen molar-refractivity contribution in [2.75, 3.05) is 13.2 Å². The van der Waals surface area contributed by atoms with Crippen molar-refractivity contribution in [3.05, 3.63) is 65.7 Å². The fraction of sp³-hybridized carbons (Fsp3) is 0.409. The molecular weight excluding hydrogens is 366 g/mol. The van der Waals surface area contributed by atoms with Crippen LogP contribution in [0.25, 0.3) is 5.69 Å². The van der Waals surface area contributed by atoms with Gasteiger partial charge in [-0.3, -0.25) is 9.48 Å². The Morgan fingerprint density at radius 3 is 2.83 bits per heavy atom. The van der Waals surface area contributed by atoms with E-state index in [1.54, 1.807) is 6.20 Å². The van der Waals surface area contributed by atoms with E-state index in [0.29, 0.717) is 19.7 Å². The van der Waals surface area contributed by atoms with Crippen LogP contribution in [0.4, 0.5) is 0 Å². The molecule has 4 heterocycles. The van der Waals surface area contributed by atoms with Gasteiger partial charge in [-0.2, -0.15) is 10.2 Å². The minimum atomic E-state index is -0.225. The summed E-state index contributed by atoms with van der Waals surface area (Å²) < 4.78 is 9.85. The molecule has 0 unspecified atom stereocenters. The Kier molecular flexibility index (Phi) is 4.67. The van der Waals surface area contributed by atoms with E-state index in [4.69, 9.17) is 4.74 Å². The van der Waals surface area contributed by atoms with Crippen molar-refractivity contribution in [3.8, 4) is 5.69 Å². The van der Waals surface area contributed by atoms with Gasteiger partial charge in [-0.05, 0) is 31.0 Å². The predicted octanol–water partition coefficient (Wildman–Crippen LogP) is 2.66. The Balaban J connectivity index is 1.37. The molecule has 0 N–H and O–H groups in total. The average molecular weight is 391 g/mol.